The monoisotopic (exact) mass is 272 g/mol. The van der Waals surface area contributed by atoms with Crippen LogP contribution in [0.1, 0.15) is 57.1 Å². The second-order valence-electron chi connectivity index (χ2n) is 6.46. The van der Waals surface area contributed by atoms with Crippen LogP contribution in [0, 0.1) is 5.92 Å². The highest BCUT2D eigenvalue weighted by molar-refractivity contribution is 5.57. The maximum absolute atomic E-state index is 3.47. The third kappa shape index (κ3) is 2.58. The van der Waals surface area contributed by atoms with Gasteiger partial charge in [-0.1, -0.05) is 31.5 Å². The predicted molar refractivity (Wildman–Crippen MR) is 86.2 cm³/mol. The van der Waals surface area contributed by atoms with Crippen LogP contribution in [0.2, 0.25) is 0 Å². The van der Waals surface area contributed by atoms with Crippen molar-refractivity contribution in [2.45, 2.75) is 57.5 Å². The van der Waals surface area contributed by atoms with Crippen molar-refractivity contribution in [3.05, 3.63) is 29.8 Å². The summed E-state index contributed by atoms with van der Waals surface area (Å²) in [6, 6.07) is 10.3. The summed E-state index contributed by atoms with van der Waals surface area (Å²) in [5.41, 5.74) is 2.98. The van der Waals surface area contributed by atoms with Gasteiger partial charge in [-0.25, -0.2) is 0 Å². The van der Waals surface area contributed by atoms with Crippen LogP contribution in [0.3, 0.4) is 0 Å². The van der Waals surface area contributed by atoms with Crippen LogP contribution in [0.5, 0.6) is 0 Å². The molecule has 0 saturated heterocycles. The van der Waals surface area contributed by atoms with E-state index in [0.717, 1.165) is 12.0 Å². The summed E-state index contributed by atoms with van der Waals surface area (Å²) < 4.78 is 0. The lowest BCUT2D eigenvalue weighted by Crippen LogP contribution is -2.43. The third-order valence-electron chi connectivity index (χ3n) is 5.46. The third-order valence-corrected chi connectivity index (χ3v) is 5.46. The standard InChI is InChI=1S/C18H28N2/c1-3-14-8-10-15(11-9-14)20-13-12-17(19-2)16-6-4-5-7-18(16)20/h4-7,14-15,17,19H,3,8-13H2,1-2H3. The fourth-order valence-electron chi connectivity index (χ4n) is 4.13. The number of hydrogen-bond donors (Lipinski definition) is 1. The molecule has 0 spiro atoms. The van der Waals surface area contributed by atoms with Crippen molar-refractivity contribution in [3.63, 3.8) is 0 Å². The van der Waals surface area contributed by atoms with Crippen LogP contribution in [-0.4, -0.2) is 19.6 Å². The molecule has 1 heterocycles. The maximum Gasteiger partial charge on any atom is 0.0417 e. The normalized spacial score (nSPS) is 30.1. The molecule has 1 aromatic carbocycles. The number of nitrogens with zero attached hydrogens (tertiary/aromatic N) is 1. The Bertz CT molecular complexity index is 435. The molecule has 1 N–H and O–H groups in total. The first kappa shape index (κ1) is 13.9. The molecule has 1 unspecified atom stereocenters. The summed E-state index contributed by atoms with van der Waals surface area (Å²) in [6.45, 7) is 3.56. The molecule has 1 fully saturated rings. The van der Waals surface area contributed by atoms with Crippen molar-refractivity contribution >= 4 is 5.69 Å². The van der Waals surface area contributed by atoms with E-state index in [4.69, 9.17) is 0 Å². The van der Waals surface area contributed by atoms with E-state index in [9.17, 15) is 0 Å². The quantitative estimate of drug-likeness (QED) is 0.890. The highest BCUT2D eigenvalue weighted by Gasteiger charge is 2.30. The minimum absolute atomic E-state index is 0.537. The molecule has 2 heteroatoms. The minimum Gasteiger partial charge on any atom is -0.368 e. The second kappa shape index (κ2) is 6.17. The summed E-state index contributed by atoms with van der Waals surface area (Å²) in [5.74, 6) is 0.983. The van der Waals surface area contributed by atoms with Gasteiger partial charge in [0.1, 0.15) is 0 Å². The van der Waals surface area contributed by atoms with Gasteiger partial charge in [0, 0.05) is 24.3 Å². The van der Waals surface area contributed by atoms with Gasteiger partial charge in [0.2, 0.25) is 0 Å². The molecule has 0 amide bonds. The molecule has 20 heavy (non-hydrogen) atoms. The summed E-state index contributed by atoms with van der Waals surface area (Å²) in [5, 5.41) is 3.47. The number of rotatable bonds is 3. The number of nitrogens with one attached hydrogen (secondary N) is 1. The van der Waals surface area contributed by atoms with E-state index >= 15 is 0 Å². The number of anilines is 1. The summed E-state index contributed by atoms with van der Waals surface area (Å²) >= 11 is 0. The van der Waals surface area contributed by atoms with E-state index in [0.29, 0.717) is 6.04 Å². The average Bonchev–Trinajstić information content (AvgIpc) is 2.54. The fourth-order valence-corrected chi connectivity index (χ4v) is 4.13. The molecular formula is C18H28N2. The van der Waals surface area contributed by atoms with Gasteiger partial charge in [-0.2, -0.15) is 0 Å². The van der Waals surface area contributed by atoms with Crippen LogP contribution in [-0.2, 0) is 0 Å². The van der Waals surface area contributed by atoms with Crippen LogP contribution >= 0.6 is 0 Å². The highest BCUT2D eigenvalue weighted by Crippen LogP contribution is 2.38. The SMILES string of the molecule is CCC1CCC(N2CCC(NC)c3ccccc32)CC1. The molecule has 1 aliphatic heterocycles. The van der Waals surface area contributed by atoms with Crippen LogP contribution < -0.4 is 10.2 Å². The molecule has 0 bridgehead atoms. The van der Waals surface area contributed by atoms with Gasteiger partial charge < -0.3 is 10.2 Å². The molecule has 2 aliphatic rings. The molecule has 110 valence electrons. The number of hydrogen-bond acceptors (Lipinski definition) is 2. The smallest absolute Gasteiger partial charge is 0.0417 e. The van der Waals surface area contributed by atoms with E-state index in [1.54, 1.807) is 0 Å². The Balaban J connectivity index is 1.78. The van der Waals surface area contributed by atoms with Crippen molar-refractivity contribution in [2.24, 2.45) is 5.92 Å². The molecule has 0 radical (unpaired) electrons. The zero-order valence-electron chi connectivity index (χ0n) is 12.9. The van der Waals surface area contributed by atoms with Gasteiger partial charge in [-0.3, -0.25) is 0 Å². The van der Waals surface area contributed by atoms with E-state index in [-0.39, 0.29) is 0 Å². The van der Waals surface area contributed by atoms with Crippen molar-refractivity contribution in [2.75, 3.05) is 18.5 Å². The van der Waals surface area contributed by atoms with Crippen molar-refractivity contribution in [3.8, 4) is 0 Å². The first-order chi connectivity index (χ1) is 9.83. The summed E-state index contributed by atoms with van der Waals surface area (Å²) in [7, 11) is 2.09. The van der Waals surface area contributed by atoms with Crippen molar-refractivity contribution < 1.29 is 0 Å². The average molecular weight is 272 g/mol. The summed E-state index contributed by atoms with van der Waals surface area (Å²) in [6.07, 6.45) is 8.23. The van der Waals surface area contributed by atoms with E-state index in [1.165, 1.54) is 56.3 Å². The van der Waals surface area contributed by atoms with E-state index < -0.39 is 0 Å². The van der Waals surface area contributed by atoms with Crippen LogP contribution in [0.4, 0.5) is 5.69 Å². The molecule has 0 aromatic heterocycles. The molecule has 1 saturated carbocycles. The summed E-state index contributed by atoms with van der Waals surface area (Å²) in [4.78, 5) is 2.70. The number of para-hydroxylation sites is 1. The van der Waals surface area contributed by atoms with Gasteiger partial charge in [0.05, 0.1) is 0 Å². The topological polar surface area (TPSA) is 15.3 Å². The lowest BCUT2D eigenvalue weighted by Gasteiger charge is -2.43. The highest BCUT2D eigenvalue weighted by atomic mass is 15.2. The predicted octanol–water partition coefficient (Wildman–Crippen LogP) is 4.13. The number of fused-ring (bicyclic) bond motifs is 1. The Morgan fingerprint density at radius 3 is 2.55 bits per heavy atom. The molecule has 1 aromatic rings. The maximum atomic E-state index is 3.47. The number of benzene rings is 1. The molecular weight excluding hydrogens is 244 g/mol. The Labute approximate surface area is 123 Å². The van der Waals surface area contributed by atoms with Gasteiger partial charge in [0.25, 0.3) is 0 Å². The van der Waals surface area contributed by atoms with E-state index in [2.05, 4.69) is 48.5 Å². The van der Waals surface area contributed by atoms with Gasteiger partial charge in [0.15, 0.2) is 0 Å². The lowest BCUT2D eigenvalue weighted by atomic mass is 9.82. The Hall–Kier alpha value is -1.02. The molecule has 3 rings (SSSR count). The first-order valence-corrected chi connectivity index (χ1v) is 8.36. The van der Waals surface area contributed by atoms with Crippen molar-refractivity contribution in [1.29, 1.82) is 0 Å². The fraction of sp³-hybridized carbons (Fsp3) is 0.667. The molecule has 2 nitrogen and oxygen atoms in total. The zero-order valence-corrected chi connectivity index (χ0v) is 12.9. The Kier molecular flexibility index (Phi) is 4.30. The Morgan fingerprint density at radius 1 is 1.10 bits per heavy atom. The van der Waals surface area contributed by atoms with Gasteiger partial charge in [-0.05, 0) is 56.7 Å². The van der Waals surface area contributed by atoms with Crippen LogP contribution in [0.15, 0.2) is 24.3 Å². The van der Waals surface area contributed by atoms with Gasteiger partial charge in [-0.15, -0.1) is 0 Å². The lowest BCUT2D eigenvalue weighted by molar-refractivity contribution is 0.302. The second-order valence-corrected chi connectivity index (χ2v) is 6.46. The molecule has 1 aliphatic carbocycles. The van der Waals surface area contributed by atoms with Crippen LogP contribution in [0.25, 0.3) is 0 Å². The van der Waals surface area contributed by atoms with Gasteiger partial charge >= 0.3 is 0 Å². The largest absolute Gasteiger partial charge is 0.368 e. The van der Waals surface area contributed by atoms with E-state index in [1.807, 2.05) is 0 Å². The minimum atomic E-state index is 0.537. The zero-order chi connectivity index (χ0) is 13.9. The first-order valence-electron chi connectivity index (χ1n) is 8.36. The Morgan fingerprint density at radius 2 is 1.85 bits per heavy atom. The van der Waals surface area contributed by atoms with Crippen molar-refractivity contribution in [1.82, 2.24) is 5.32 Å². The molecule has 1 atom stereocenters.